The molecular formula is C8H10Br2N2O4. The molecule has 0 aliphatic carbocycles. The molecule has 0 bridgehead atoms. The molecule has 6 nitrogen and oxygen atoms in total. The van der Waals surface area contributed by atoms with Gasteiger partial charge in [-0.05, 0) is 38.9 Å². The minimum atomic E-state index is -2.51. The molecule has 0 aromatic heterocycles. The molecule has 0 radical (unpaired) electrons. The van der Waals surface area contributed by atoms with Gasteiger partial charge in [0.1, 0.15) is 16.0 Å². The van der Waals surface area contributed by atoms with E-state index in [1.165, 1.54) is 7.05 Å². The first-order valence-corrected chi connectivity index (χ1v) is 5.65. The van der Waals surface area contributed by atoms with Gasteiger partial charge in [-0.15, -0.1) is 0 Å². The van der Waals surface area contributed by atoms with E-state index in [1.54, 1.807) is 0 Å². The molecule has 0 saturated heterocycles. The highest BCUT2D eigenvalue weighted by Gasteiger charge is 2.34. The number of halogens is 2. The number of phenolic OH excluding ortho intramolecular Hbond substituents is 2. The van der Waals surface area contributed by atoms with E-state index >= 15 is 0 Å². The van der Waals surface area contributed by atoms with Crippen LogP contribution in [0, 0.1) is 0 Å². The number of anilines is 1. The van der Waals surface area contributed by atoms with E-state index in [1.807, 2.05) is 0 Å². The molecule has 0 heterocycles. The molecule has 0 spiro atoms. The summed E-state index contributed by atoms with van der Waals surface area (Å²) >= 11 is 5.87. The van der Waals surface area contributed by atoms with Gasteiger partial charge in [0.25, 0.3) is 5.91 Å². The Labute approximate surface area is 108 Å². The molecule has 7 N–H and O–H groups in total. The lowest BCUT2D eigenvalue weighted by atomic mass is 10.1. The average Bonchev–Trinajstić information content (AvgIpc) is 2.23. The molecule has 0 unspecified atom stereocenters. The van der Waals surface area contributed by atoms with Crippen LogP contribution in [0.5, 0.6) is 11.5 Å². The van der Waals surface area contributed by atoms with Crippen LogP contribution in [0.3, 0.4) is 0 Å². The minimum absolute atomic E-state index is 0.0508. The van der Waals surface area contributed by atoms with Crippen LogP contribution < -0.4 is 11.1 Å². The maximum absolute atomic E-state index is 9.68. The van der Waals surface area contributed by atoms with Crippen molar-refractivity contribution in [1.82, 2.24) is 5.32 Å². The van der Waals surface area contributed by atoms with Gasteiger partial charge in [-0.1, -0.05) is 0 Å². The van der Waals surface area contributed by atoms with Crippen molar-refractivity contribution in [2.75, 3.05) is 12.8 Å². The van der Waals surface area contributed by atoms with Crippen molar-refractivity contribution in [1.29, 1.82) is 0 Å². The molecule has 16 heavy (non-hydrogen) atoms. The lowest BCUT2D eigenvalue weighted by molar-refractivity contribution is -0.190. The summed E-state index contributed by atoms with van der Waals surface area (Å²) in [5, 5.41) is 40.5. The highest BCUT2D eigenvalue weighted by atomic mass is 79.9. The Kier molecular flexibility index (Phi) is 3.70. The number of hydrogen-bond acceptors (Lipinski definition) is 6. The van der Waals surface area contributed by atoms with Crippen molar-refractivity contribution in [3.63, 3.8) is 0 Å². The number of aliphatic hydroxyl groups is 2. The first kappa shape index (κ1) is 13.5. The van der Waals surface area contributed by atoms with Crippen LogP contribution in [-0.2, 0) is 5.91 Å². The summed E-state index contributed by atoms with van der Waals surface area (Å²) in [6.07, 6.45) is 0. The van der Waals surface area contributed by atoms with Gasteiger partial charge in [0.2, 0.25) is 0 Å². The van der Waals surface area contributed by atoms with E-state index in [0.717, 1.165) is 0 Å². The van der Waals surface area contributed by atoms with Crippen LogP contribution in [0.25, 0.3) is 0 Å². The Morgan fingerprint density at radius 1 is 1.12 bits per heavy atom. The van der Waals surface area contributed by atoms with E-state index in [2.05, 4.69) is 37.2 Å². The Morgan fingerprint density at radius 3 is 2.06 bits per heavy atom. The Morgan fingerprint density at radius 2 is 1.62 bits per heavy atom. The fourth-order valence-electron chi connectivity index (χ4n) is 1.16. The zero-order chi connectivity index (χ0) is 12.7. The van der Waals surface area contributed by atoms with Gasteiger partial charge >= 0.3 is 0 Å². The molecule has 8 heteroatoms. The molecule has 0 amide bonds. The Hall–Kier alpha value is -0.540. The van der Waals surface area contributed by atoms with E-state index in [-0.39, 0.29) is 25.9 Å². The highest BCUT2D eigenvalue weighted by Crippen LogP contribution is 2.48. The molecule has 0 aliphatic rings. The molecule has 90 valence electrons. The first-order chi connectivity index (χ1) is 7.24. The van der Waals surface area contributed by atoms with Gasteiger partial charge in [-0.25, -0.2) is 0 Å². The zero-order valence-corrected chi connectivity index (χ0v) is 11.3. The number of rotatable bonds is 2. The summed E-state index contributed by atoms with van der Waals surface area (Å²) in [6, 6.07) is 0. The van der Waals surface area contributed by atoms with E-state index in [9.17, 15) is 20.4 Å². The SMILES string of the molecule is CNC(O)(O)c1c(N)c(Br)c(O)c(Br)c1O. The van der Waals surface area contributed by atoms with Crippen molar-refractivity contribution in [2.24, 2.45) is 0 Å². The summed E-state index contributed by atoms with van der Waals surface area (Å²) in [6.45, 7) is 0. The predicted octanol–water partition coefficient (Wildman–Crippen LogP) is 0.519. The molecule has 1 rings (SSSR count). The second-order valence-electron chi connectivity index (χ2n) is 3.04. The second kappa shape index (κ2) is 4.38. The summed E-state index contributed by atoms with van der Waals surface area (Å²) in [7, 11) is 1.27. The Bertz CT molecular complexity index is 408. The zero-order valence-electron chi connectivity index (χ0n) is 8.12. The quantitative estimate of drug-likeness (QED) is 0.339. The number of hydrogen-bond donors (Lipinski definition) is 6. The van der Waals surface area contributed by atoms with Crippen molar-refractivity contribution in [3.8, 4) is 11.5 Å². The summed E-state index contributed by atoms with van der Waals surface area (Å²) < 4.78 is -0.0406. The third kappa shape index (κ3) is 1.98. The summed E-state index contributed by atoms with van der Waals surface area (Å²) in [5.74, 6) is -3.39. The lowest BCUT2D eigenvalue weighted by Gasteiger charge is -2.25. The summed E-state index contributed by atoms with van der Waals surface area (Å²) in [5.41, 5.74) is 5.03. The highest BCUT2D eigenvalue weighted by molar-refractivity contribution is 9.11. The number of nitrogens with one attached hydrogen (secondary N) is 1. The van der Waals surface area contributed by atoms with E-state index in [0.29, 0.717) is 0 Å². The monoisotopic (exact) mass is 356 g/mol. The smallest absolute Gasteiger partial charge is 0.256 e. The molecule has 1 aromatic carbocycles. The molecule has 0 atom stereocenters. The van der Waals surface area contributed by atoms with Crippen LogP contribution >= 0.6 is 31.9 Å². The van der Waals surface area contributed by atoms with Crippen molar-refractivity contribution in [2.45, 2.75) is 5.91 Å². The standard InChI is InChI=1S/C8H10Br2N2O4/c1-12-8(15,16)2-5(11)3(9)7(14)4(10)6(2)13/h12-16H,11H2,1H3. The first-order valence-electron chi connectivity index (χ1n) is 4.06. The molecule has 0 saturated carbocycles. The van der Waals surface area contributed by atoms with Gasteiger partial charge in [0.05, 0.1) is 15.7 Å². The fourth-order valence-corrected chi connectivity index (χ4v) is 2.22. The van der Waals surface area contributed by atoms with Gasteiger partial charge < -0.3 is 26.2 Å². The number of nitrogen functional groups attached to an aromatic ring is 1. The average molecular weight is 358 g/mol. The Balaban J connectivity index is 3.65. The number of phenols is 2. The van der Waals surface area contributed by atoms with E-state index < -0.39 is 11.7 Å². The maximum Gasteiger partial charge on any atom is 0.256 e. The van der Waals surface area contributed by atoms with Crippen LogP contribution in [-0.4, -0.2) is 27.5 Å². The maximum atomic E-state index is 9.68. The van der Waals surface area contributed by atoms with Crippen molar-refractivity contribution in [3.05, 3.63) is 14.5 Å². The largest absolute Gasteiger partial charge is 0.506 e. The third-order valence-electron chi connectivity index (χ3n) is 2.06. The van der Waals surface area contributed by atoms with E-state index in [4.69, 9.17) is 5.73 Å². The topological polar surface area (TPSA) is 119 Å². The molecule has 0 aliphatic heterocycles. The van der Waals surface area contributed by atoms with Gasteiger partial charge in [0.15, 0.2) is 0 Å². The minimum Gasteiger partial charge on any atom is -0.506 e. The molecule has 1 aromatic rings. The normalized spacial score (nSPS) is 11.8. The van der Waals surface area contributed by atoms with Crippen molar-refractivity contribution < 1.29 is 20.4 Å². The van der Waals surface area contributed by atoms with Crippen LogP contribution in [0.1, 0.15) is 5.56 Å². The number of aromatic hydroxyl groups is 2. The second-order valence-corrected chi connectivity index (χ2v) is 4.62. The number of nitrogens with two attached hydrogens (primary N) is 1. The van der Waals surface area contributed by atoms with Crippen molar-refractivity contribution >= 4 is 37.5 Å². The summed E-state index contributed by atoms with van der Waals surface area (Å²) in [4.78, 5) is 0. The van der Waals surface area contributed by atoms with Gasteiger partial charge in [-0.3, -0.25) is 5.32 Å². The number of benzene rings is 1. The van der Waals surface area contributed by atoms with Crippen LogP contribution in [0.2, 0.25) is 0 Å². The van der Waals surface area contributed by atoms with Crippen LogP contribution in [0.15, 0.2) is 8.95 Å². The lowest BCUT2D eigenvalue weighted by Crippen LogP contribution is -2.40. The van der Waals surface area contributed by atoms with Gasteiger partial charge in [0, 0.05) is 0 Å². The van der Waals surface area contributed by atoms with Crippen LogP contribution in [0.4, 0.5) is 5.69 Å². The molecule has 0 fully saturated rings. The predicted molar refractivity (Wildman–Crippen MR) is 64.8 cm³/mol. The van der Waals surface area contributed by atoms with Gasteiger partial charge in [-0.2, -0.15) is 0 Å². The third-order valence-corrected chi connectivity index (χ3v) is 3.62. The molecular weight excluding hydrogens is 348 g/mol. The fraction of sp³-hybridized carbons (Fsp3) is 0.250.